The van der Waals surface area contributed by atoms with Gasteiger partial charge in [-0.25, -0.2) is 0 Å². The molecule has 3 atom stereocenters. The lowest BCUT2D eigenvalue weighted by Crippen LogP contribution is -2.46. The van der Waals surface area contributed by atoms with Gasteiger partial charge in [-0.05, 0) is 61.7 Å². The highest BCUT2D eigenvalue weighted by Gasteiger charge is 2.47. The molecule has 2 aliphatic heterocycles. The molecule has 0 spiro atoms. The fraction of sp³-hybridized carbons (Fsp3) is 0.444. The topological polar surface area (TPSA) is 85.4 Å². The van der Waals surface area contributed by atoms with Crippen molar-refractivity contribution >= 4 is 23.5 Å². The molecular formula is C27H32N2O6. The number of carbonyl (C=O) groups is 3. The zero-order chi connectivity index (χ0) is 24.9. The Morgan fingerprint density at radius 2 is 1.60 bits per heavy atom. The average Bonchev–Trinajstić information content (AvgIpc) is 3.25. The molecule has 8 nitrogen and oxygen atoms in total. The molecule has 4 rings (SSSR count). The molecule has 0 aromatic heterocycles. The fourth-order valence-electron chi connectivity index (χ4n) is 5.05. The van der Waals surface area contributed by atoms with Gasteiger partial charge in [0, 0.05) is 25.2 Å². The van der Waals surface area contributed by atoms with Crippen LogP contribution in [0.4, 0.5) is 5.69 Å². The van der Waals surface area contributed by atoms with Crippen LogP contribution >= 0.6 is 0 Å². The second kappa shape index (κ2) is 10.8. The summed E-state index contributed by atoms with van der Waals surface area (Å²) in [4.78, 5) is 42.9. The standard InChI is InChI=1S/C27H32N2O6/c1-4-35-27(32)19-6-5-15-28(17-19)26(31)23-16-24(30)29(20-9-13-22(34-3)14-10-20)25(23)18-7-11-21(33-2)12-8-18/h7-14,19,23,25H,4-6,15-17H2,1-3H3/t19-,23-,25+/m1/s1. The number of hydrogen-bond acceptors (Lipinski definition) is 6. The summed E-state index contributed by atoms with van der Waals surface area (Å²) in [6.07, 6.45) is 1.53. The molecule has 35 heavy (non-hydrogen) atoms. The van der Waals surface area contributed by atoms with Crippen LogP contribution in [0.25, 0.3) is 0 Å². The second-order valence-electron chi connectivity index (χ2n) is 8.87. The van der Waals surface area contributed by atoms with Gasteiger partial charge in [0.1, 0.15) is 11.5 Å². The van der Waals surface area contributed by atoms with Crippen LogP contribution < -0.4 is 14.4 Å². The van der Waals surface area contributed by atoms with Crippen LogP contribution in [0, 0.1) is 11.8 Å². The van der Waals surface area contributed by atoms with Crippen molar-refractivity contribution in [2.75, 3.05) is 38.8 Å². The molecule has 2 amide bonds. The summed E-state index contributed by atoms with van der Waals surface area (Å²) in [5.74, 6) is -0.00467. The quantitative estimate of drug-likeness (QED) is 0.563. The van der Waals surface area contributed by atoms with Crippen LogP contribution in [-0.2, 0) is 19.1 Å². The number of likely N-dealkylation sites (tertiary alicyclic amines) is 1. The van der Waals surface area contributed by atoms with E-state index < -0.39 is 12.0 Å². The van der Waals surface area contributed by atoms with E-state index in [0.717, 1.165) is 12.0 Å². The number of esters is 1. The van der Waals surface area contributed by atoms with E-state index in [1.807, 2.05) is 36.4 Å². The zero-order valence-electron chi connectivity index (χ0n) is 20.4. The minimum Gasteiger partial charge on any atom is -0.497 e. The van der Waals surface area contributed by atoms with Gasteiger partial charge >= 0.3 is 5.97 Å². The summed E-state index contributed by atoms with van der Waals surface area (Å²) < 4.78 is 15.8. The second-order valence-corrected chi connectivity index (χ2v) is 8.87. The summed E-state index contributed by atoms with van der Waals surface area (Å²) in [5, 5.41) is 0. The molecular weight excluding hydrogens is 448 g/mol. The number of hydrogen-bond donors (Lipinski definition) is 0. The number of ether oxygens (including phenoxy) is 3. The number of benzene rings is 2. The van der Waals surface area contributed by atoms with Crippen molar-refractivity contribution in [2.24, 2.45) is 11.8 Å². The third-order valence-electron chi connectivity index (χ3n) is 6.80. The Labute approximate surface area is 205 Å². The monoisotopic (exact) mass is 480 g/mol. The van der Waals surface area contributed by atoms with E-state index in [2.05, 4.69) is 0 Å². The predicted octanol–water partition coefficient (Wildman–Crippen LogP) is 3.60. The number of piperidine rings is 1. The van der Waals surface area contributed by atoms with E-state index in [1.165, 1.54) is 0 Å². The number of methoxy groups -OCH3 is 2. The van der Waals surface area contributed by atoms with E-state index in [9.17, 15) is 14.4 Å². The van der Waals surface area contributed by atoms with Gasteiger partial charge in [-0.15, -0.1) is 0 Å². The van der Waals surface area contributed by atoms with Gasteiger partial charge in [0.05, 0.1) is 38.7 Å². The van der Waals surface area contributed by atoms with Crippen molar-refractivity contribution in [1.82, 2.24) is 4.90 Å². The molecule has 0 radical (unpaired) electrons. The number of anilines is 1. The zero-order valence-corrected chi connectivity index (χ0v) is 20.4. The van der Waals surface area contributed by atoms with Crippen molar-refractivity contribution in [3.05, 3.63) is 54.1 Å². The van der Waals surface area contributed by atoms with Crippen LogP contribution in [0.15, 0.2) is 48.5 Å². The summed E-state index contributed by atoms with van der Waals surface area (Å²) in [5.41, 5.74) is 1.56. The number of rotatable bonds is 7. The van der Waals surface area contributed by atoms with Gasteiger partial charge < -0.3 is 24.0 Å². The SMILES string of the molecule is CCOC(=O)[C@@H]1CCCN(C(=O)[C@@H]2CC(=O)N(c3ccc(OC)cc3)[C@H]2c2ccc(OC)cc2)C1. The molecule has 8 heteroatoms. The predicted molar refractivity (Wildman–Crippen MR) is 130 cm³/mol. The first-order chi connectivity index (χ1) is 17.0. The maximum Gasteiger partial charge on any atom is 0.310 e. The highest BCUT2D eigenvalue weighted by Crippen LogP contribution is 2.43. The minimum atomic E-state index is -0.570. The van der Waals surface area contributed by atoms with Crippen LogP contribution in [0.5, 0.6) is 11.5 Å². The van der Waals surface area contributed by atoms with Crippen molar-refractivity contribution in [1.29, 1.82) is 0 Å². The van der Waals surface area contributed by atoms with E-state index in [1.54, 1.807) is 43.1 Å². The number of carbonyl (C=O) groups excluding carboxylic acids is 3. The summed E-state index contributed by atoms with van der Waals surface area (Å²) in [7, 11) is 3.19. The molecule has 0 aliphatic carbocycles. The van der Waals surface area contributed by atoms with Crippen molar-refractivity contribution < 1.29 is 28.6 Å². The third-order valence-corrected chi connectivity index (χ3v) is 6.80. The third kappa shape index (κ3) is 5.11. The van der Waals surface area contributed by atoms with Gasteiger partial charge in [0.2, 0.25) is 11.8 Å². The smallest absolute Gasteiger partial charge is 0.310 e. The van der Waals surface area contributed by atoms with Crippen molar-refractivity contribution in [2.45, 2.75) is 32.2 Å². The van der Waals surface area contributed by atoms with Gasteiger partial charge in [-0.3, -0.25) is 14.4 Å². The highest BCUT2D eigenvalue weighted by molar-refractivity contribution is 6.01. The molecule has 0 N–H and O–H groups in total. The van der Waals surface area contributed by atoms with Gasteiger partial charge in [-0.2, -0.15) is 0 Å². The van der Waals surface area contributed by atoms with Crippen molar-refractivity contribution in [3.8, 4) is 11.5 Å². The van der Waals surface area contributed by atoms with E-state index >= 15 is 0 Å². The first-order valence-corrected chi connectivity index (χ1v) is 12.0. The van der Waals surface area contributed by atoms with Crippen LogP contribution in [0.3, 0.4) is 0 Å². The Balaban J connectivity index is 1.65. The summed E-state index contributed by atoms with van der Waals surface area (Å²) in [6.45, 7) is 2.98. The summed E-state index contributed by atoms with van der Waals surface area (Å²) in [6, 6.07) is 14.3. The Morgan fingerprint density at radius 3 is 2.20 bits per heavy atom. The normalized spacial score (nSPS) is 22.1. The molecule has 0 saturated carbocycles. The Kier molecular flexibility index (Phi) is 7.58. The number of amides is 2. The maximum atomic E-state index is 13.8. The van der Waals surface area contributed by atoms with Crippen LogP contribution in [0.2, 0.25) is 0 Å². The molecule has 2 aliphatic rings. The molecule has 2 aromatic rings. The van der Waals surface area contributed by atoms with Crippen LogP contribution in [0.1, 0.15) is 37.8 Å². The first kappa shape index (κ1) is 24.6. The molecule has 2 fully saturated rings. The fourth-order valence-corrected chi connectivity index (χ4v) is 5.05. The highest BCUT2D eigenvalue weighted by atomic mass is 16.5. The largest absolute Gasteiger partial charge is 0.497 e. The first-order valence-electron chi connectivity index (χ1n) is 12.0. The van der Waals surface area contributed by atoms with Gasteiger partial charge in [-0.1, -0.05) is 12.1 Å². The lowest BCUT2D eigenvalue weighted by Gasteiger charge is -2.35. The lowest BCUT2D eigenvalue weighted by atomic mass is 9.90. The molecule has 2 aromatic carbocycles. The van der Waals surface area contributed by atoms with Crippen molar-refractivity contribution in [3.63, 3.8) is 0 Å². The van der Waals surface area contributed by atoms with Crippen LogP contribution in [-0.4, -0.2) is 56.6 Å². The Morgan fingerprint density at radius 1 is 0.971 bits per heavy atom. The van der Waals surface area contributed by atoms with E-state index in [0.29, 0.717) is 43.3 Å². The molecule has 2 saturated heterocycles. The average molecular weight is 481 g/mol. The van der Waals surface area contributed by atoms with Gasteiger partial charge in [0.25, 0.3) is 0 Å². The van der Waals surface area contributed by atoms with E-state index in [4.69, 9.17) is 14.2 Å². The Hall–Kier alpha value is -3.55. The molecule has 0 unspecified atom stereocenters. The van der Waals surface area contributed by atoms with E-state index in [-0.39, 0.29) is 30.1 Å². The van der Waals surface area contributed by atoms with Gasteiger partial charge in [0.15, 0.2) is 0 Å². The lowest BCUT2D eigenvalue weighted by molar-refractivity contribution is -0.152. The minimum absolute atomic E-state index is 0.0993. The summed E-state index contributed by atoms with van der Waals surface area (Å²) >= 11 is 0. The number of nitrogens with zero attached hydrogens (tertiary/aromatic N) is 2. The Bertz CT molecular complexity index is 1050. The molecule has 2 heterocycles. The molecule has 0 bridgehead atoms. The molecule has 186 valence electrons. The maximum absolute atomic E-state index is 13.8.